The molecule has 0 N–H and O–H groups in total. The zero-order valence-electron chi connectivity index (χ0n) is 36.9. The van der Waals surface area contributed by atoms with Crippen molar-refractivity contribution in [2.24, 2.45) is 0 Å². The van der Waals surface area contributed by atoms with E-state index in [4.69, 9.17) is 0 Å². The first-order valence-corrected chi connectivity index (χ1v) is 21.6. The van der Waals surface area contributed by atoms with Crippen molar-refractivity contribution >= 4 is 59.3 Å². The van der Waals surface area contributed by atoms with Crippen LogP contribution in [0.3, 0.4) is 0 Å². The predicted molar refractivity (Wildman–Crippen MR) is 259 cm³/mol. The van der Waals surface area contributed by atoms with Crippen LogP contribution in [0.15, 0.2) is 224 Å². The minimum absolute atomic E-state index is 0.0869. The molecule has 0 bridgehead atoms. The van der Waals surface area contributed by atoms with Gasteiger partial charge in [-0.1, -0.05) is 182 Å². The van der Waals surface area contributed by atoms with E-state index in [1.165, 1.54) is 48.0 Å². The Hall–Kier alpha value is -7.52. The van der Waals surface area contributed by atoms with E-state index in [2.05, 4.69) is 146 Å². The summed E-state index contributed by atoms with van der Waals surface area (Å²) in [4.78, 5) is 2.00. The molecule has 0 aliphatic heterocycles. The molecule has 2 heteroatoms. The van der Waals surface area contributed by atoms with Crippen molar-refractivity contribution in [3.8, 4) is 44.5 Å². The number of anilines is 3. The lowest BCUT2D eigenvalue weighted by Gasteiger charge is -2.32. The third-order valence-electron chi connectivity index (χ3n) is 13.0. The number of rotatable bonds is 5. The third-order valence-corrected chi connectivity index (χ3v) is 14.1. The summed E-state index contributed by atoms with van der Waals surface area (Å²) in [6.07, 6.45) is 0. The molecule has 1 aromatic heterocycles. The molecule has 10 aromatic carbocycles. The standard InChI is InChI=1S/C59H37NS/c1-2-19-43-38(15-1)16-12-24-44(43)39-33-35-41(36-34-39)60(42-18-11-17-40(37-42)45-25-13-32-56-57(45)49-23-6-10-31-55(49)61-56)54-30-14-29-53-58(54)48-22-5-9-28-52(48)59(53)50-26-7-3-20-46(50)47-21-4-8-27-51(47)59/h1-37H/i33D,34D,35D,36D. The molecule has 0 saturated heterocycles. The second-order valence-electron chi connectivity index (χ2n) is 16.0. The van der Waals surface area contributed by atoms with Gasteiger partial charge in [0.1, 0.15) is 0 Å². The lowest BCUT2D eigenvalue weighted by molar-refractivity contribution is 0.794. The predicted octanol–water partition coefficient (Wildman–Crippen LogP) is 16.4. The normalized spacial score (nSPS) is 14.0. The van der Waals surface area contributed by atoms with Crippen LogP contribution in [-0.4, -0.2) is 0 Å². The van der Waals surface area contributed by atoms with Crippen molar-refractivity contribution in [1.82, 2.24) is 0 Å². The topological polar surface area (TPSA) is 3.24 Å². The van der Waals surface area contributed by atoms with Gasteiger partial charge in [0.25, 0.3) is 0 Å². The Morgan fingerprint density at radius 3 is 1.75 bits per heavy atom. The Bertz CT molecular complexity index is 3730. The van der Waals surface area contributed by atoms with Crippen molar-refractivity contribution in [3.63, 3.8) is 0 Å². The summed E-state index contributed by atoms with van der Waals surface area (Å²) in [5.74, 6) is 0. The zero-order valence-corrected chi connectivity index (χ0v) is 33.7. The van der Waals surface area contributed by atoms with E-state index in [1.54, 1.807) is 11.3 Å². The van der Waals surface area contributed by atoms with Crippen molar-refractivity contribution in [2.45, 2.75) is 5.41 Å². The van der Waals surface area contributed by atoms with Crippen LogP contribution in [0.5, 0.6) is 0 Å². The van der Waals surface area contributed by atoms with Crippen LogP contribution in [0, 0.1) is 0 Å². The third kappa shape index (κ3) is 4.88. The van der Waals surface area contributed by atoms with Crippen molar-refractivity contribution in [1.29, 1.82) is 0 Å². The minimum Gasteiger partial charge on any atom is -0.310 e. The molecule has 1 nitrogen and oxygen atoms in total. The second kappa shape index (κ2) is 13.2. The highest BCUT2D eigenvalue weighted by molar-refractivity contribution is 7.25. The highest BCUT2D eigenvalue weighted by atomic mass is 32.1. The fraction of sp³-hybridized carbons (Fsp3) is 0.0169. The molecule has 1 heterocycles. The zero-order chi connectivity index (χ0) is 43.6. The minimum atomic E-state index is -0.620. The summed E-state index contributed by atoms with van der Waals surface area (Å²) in [5.41, 5.74) is 13.4. The number of hydrogen-bond donors (Lipinski definition) is 0. The van der Waals surface area contributed by atoms with E-state index >= 15 is 0 Å². The van der Waals surface area contributed by atoms with Crippen LogP contribution in [-0.2, 0) is 5.41 Å². The maximum absolute atomic E-state index is 10.0. The van der Waals surface area contributed by atoms with Gasteiger partial charge in [-0.25, -0.2) is 0 Å². The van der Waals surface area contributed by atoms with Crippen LogP contribution in [0.1, 0.15) is 27.7 Å². The molecule has 284 valence electrons. The maximum Gasteiger partial charge on any atom is 0.0726 e. The molecule has 61 heavy (non-hydrogen) atoms. The Morgan fingerprint density at radius 2 is 0.951 bits per heavy atom. The van der Waals surface area contributed by atoms with Gasteiger partial charge in [0.15, 0.2) is 0 Å². The molecule has 13 rings (SSSR count). The Balaban J connectivity index is 1.12. The van der Waals surface area contributed by atoms with Crippen LogP contribution in [0.2, 0.25) is 0 Å². The molecule has 11 aromatic rings. The summed E-state index contributed by atoms with van der Waals surface area (Å²) in [7, 11) is 0. The smallest absolute Gasteiger partial charge is 0.0726 e. The van der Waals surface area contributed by atoms with E-state index < -0.39 is 5.41 Å². The summed E-state index contributed by atoms with van der Waals surface area (Å²) >= 11 is 1.79. The Morgan fingerprint density at radius 1 is 0.393 bits per heavy atom. The average Bonchev–Trinajstić information content (AvgIpc) is 3.99. The molecule has 0 atom stereocenters. The average molecular weight is 796 g/mol. The van der Waals surface area contributed by atoms with Gasteiger partial charge < -0.3 is 4.90 Å². The van der Waals surface area contributed by atoms with Gasteiger partial charge in [-0.05, 0) is 114 Å². The van der Waals surface area contributed by atoms with Gasteiger partial charge >= 0.3 is 0 Å². The van der Waals surface area contributed by atoms with Crippen molar-refractivity contribution in [3.05, 3.63) is 247 Å². The van der Waals surface area contributed by atoms with Gasteiger partial charge in [-0.2, -0.15) is 0 Å². The lowest BCUT2D eigenvalue weighted by Crippen LogP contribution is -2.26. The lowest BCUT2D eigenvalue weighted by atomic mass is 9.70. The fourth-order valence-corrected chi connectivity index (χ4v) is 11.7. The summed E-state index contributed by atoms with van der Waals surface area (Å²) in [6.45, 7) is 0. The molecular formula is C59H37NS. The quantitative estimate of drug-likeness (QED) is 0.168. The van der Waals surface area contributed by atoms with E-state index in [-0.39, 0.29) is 35.4 Å². The number of hydrogen-bond acceptors (Lipinski definition) is 2. The van der Waals surface area contributed by atoms with Gasteiger partial charge in [0.2, 0.25) is 0 Å². The first-order chi connectivity index (χ1) is 31.9. The Kier molecular flexibility index (Phi) is 6.62. The van der Waals surface area contributed by atoms with Crippen LogP contribution in [0.4, 0.5) is 17.1 Å². The molecule has 0 unspecified atom stereocenters. The second-order valence-corrected chi connectivity index (χ2v) is 17.1. The number of benzene rings is 10. The van der Waals surface area contributed by atoms with Crippen molar-refractivity contribution in [2.75, 3.05) is 4.90 Å². The molecular weight excluding hydrogens is 755 g/mol. The summed E-state index contributed by atoms with van der Waals surface area (Å²) in [5, 5.41) is 4.24. The summed E-state index contributed by atoms with van der Waals surface area (Å²) < 4.78 is 42.0. The molecule has 2 aliphatic rings. The monoisotopic (exact) mass is 795 g/mol. The summed E-state index contributed by atoms with van der Waals surface area (Å²) in [6, 6.07) is 69.3. The van der Waals surface area contributed by atoms with Crippen LogP contribution < -0.4 is 4.90 Å². The van der Waals surface area contributed by atoms with Gasteiger partial charge in [0.05, 0.1) is 16.6 Å². The van der Waals surface area contributed by atoms with Gasteiger partial charge in [-0.15, -0.1) is 11.3 Å². The first-order valence-electron chi connectivity index (χ1n) is 22.8. The SMILES string of the molecule is [2H]c1c([2H])c(N(c2cccc(-c3cccc4sc5ccccc5c34)c2)c2cccc3c2-c2ccccc2C32c3ccccc3-c3ccccc32)c([2H])c([2H])c1-c1cccc2ccccc12. The molecule has 2 aliphatic carbocycles. The number of thiophene rings is 1. The highest BCUT2D eigenvalue weighted by Crippen LogP contribution is 2.64. The number of fused-ring (bicyclic) bond motifs is 14. The molecule has 0 radical (unpaired) electrons. The first kappa shape index (κ1) is 30.5. The number of nitrogens with zero attached hydrogens (tertiary/aromatic N) is 1. The van der Waals surface area contributed by atoms with E-state index in [0.29, 0.717) is 5.56 Å². The van der Waals surface area contributed by atoms with Crippen LogP contribution >= 0.6 is 11.3 Å². The largest absolute Gasteiger partial charge is 0.310 e. The van der Waals surface area contributed by atoms with Crippen LogP contribution in [0.25, 0.3) is 75.5 Å². The van der Waals surface area contributed by atoms with E-state index in [1.807, 2.05) is 59.5 Å². The fourth-order valence-electron chi connectivity index (χ4n) is 10.5. The van der Waals surface area contributed by atoms with E-state index in [9.17, 15) is 5.48 Å². The van der Waals surface area contributed by atoms with Gasteiger partial charge in [-0.3, -0.25) is 0 Å². The van der Waals surface area contributed by atoms with E-state index in [0.717, 1.165) is 50.0 Å². The van der Waals surface area contributed by atoms with Crippen molar-refractivity contribution < 1.29 is 5.48 Å². The highest BCUT2D eigenvalue weighted by Gasteiger charge is 2.52. The molecule has 0 saturated carbocycles. The molecule has 0 fully saturated rings. The molecule has 0 amide bonds. The van der Waals surface area contributed by atoms with Gasteiger partial charge in [0, 0.05) is 37.1 Å². The Labute approximate surface area is 364 Å². The molecule has 1 spiro atoms. The maximum atomic E-state index is 10.0.